The number of non-ortho nitro benzene ring substituents is 1. The van der Waals surface area contributed by atoms with Gasteiger partial charge < -0.3 is 0 Å². The summed E-state index contributed by atoms with van der Waals surface area (Å²) in [6.07, 6.45) is 0.608. The van der Waals surface area contributed by atoms with Crippen molar-refractivity contribution in [1.82, 2.24) is 0 Å². The smallest absolute Gasteiger partial charge is 0.270 e. The summed E-state index contributed by atoms with van der Waals surface area (Å²) in [4.78, 5) is 30.8. The zero-order chi connectivity index (χ0) is 11.4. The molecule has 0 amide bonds. The number of carbonyl (C=O) groups excluding carboxylic acids is 2. The average molecular weight is 204 g/mol. The van der Waals surface area contributed by atoms with E-state index in [-0.39, 0.29) is 16.7 Å². The number of rotatable bonds is 3. The molecule has 74 valence electrons. The minimum absolute atomic E-state index is 0.148. The molecule has 0 aliphatic heterocycles. The Morgan fingerprint density at radius 1 is 1.27 bits per heavy atom. The lowest BCUT2D eigenvalue weighted by molar-refractivity contribution is -0.384. The lowest BCUT2D eigenvalue weighted by Crippen LogP contribution is -1.98. The van der Waals surface area contributed by atoms with E-state index in [1.54, 1.807) is 6.07 Å². The summed E-state index contributed by atoms with van der Waals surface area (Å²) in [5, 5.41) is 19.1. The van der Waals surface area contributed by atoms with E-state index in [9.17, 15) is 19.7 Å². The Balaban J connectivity index is 3.58. The van der Waals surface area contributed by atoms with Crippen molar-refractivity contribution in [3.8, 4) is 6.07 Å². The molecule has 0 heterocycles. The highest BCUT2D eigenvalue weighted by atomic mass is 16.6. The second-order valence-electron chi connectivity index (χ2n) is 2.60. The summed E-state index contributed by atoms with van der Waals surface area (Å²) >= 11 is 0. The van der Waals surface area contributed by atoms with E-state index in [4.69, 9.17) is 5.26 Å². The minimum Gasteiger partial charge on any atom is -0.298 e. The van der Waals surface area contributed by atoms with Crippen molar-refractivity contribution in [3.05, 3.63) is 38.9 Å². The lowest BCUT2D eigenvalue weighted by atomic mass is 10.0. The van der Waals surface area contributed by atoms with Crippen molar-refractivity contribution < 1.29 is 14.5 Å². The second-order valence-corrected chi connectivity index (χ2v) is 2.60. The molecule has 0 bridgehead atoms. The van der Waals surface area contributed by atoms with E-state index in [1.165, 1.54) is 0 Å². The molecule has 1 rings (SSSR count). The highest BCUT2D eigenvalue weighted by Crippen LogP contribution is 2.19. The van der Waals surface area contributed by atoms with Crippen molar-refractivity contribution in [3.63, 3.8) is 0 Å². The van der Waals surface area contributed by atoms with Crippen LogP contribution in [0.5, 0.6) is 0 Å². The molecule has 15 heavy (non-hydrogen) atoms. The van der Waals surface area contributed by atoms with E-state index in [1.807, 2.05) is 0 Å². The molecule has 0 atom stereocenters. The maximum atomic E-state index is 10.5. The largest absolute Gasteiger partial charge is 0.298 e. The topological polar surface area (TPSA) is 101 Å². The van der Waals surface area contributed by atoms with Gasteiger partial charge in [0.05, 0.1) is 10.5 Å². The average Bonchev–Trinajstić information content (AvgIpc) is 2.26. The molecule has 1 aromatic rings. The molecule has 0 radical (unpaired) electrons. The van der Waals surface area contributed by atoms with Crippen LogP contribution in [0.15, 0.2) is 12.1 Å². The SMILES string of the molecule is N#Cc1c(C=O)cc([N+](=O)[O-])cc1C=O. The van der Waals surface area contributed by atoms with E-state index in [0.29, 0.717) is 12.6 Å². The monoisotopic (exact) mass is 204 g/mol. The van der Waals surface area contributed by atoms with Crippen molar-refractivity contribution in [1.29, 1.82) is 5.26 Å². The van der Waals surface area contributed by atoms with Gasteiger partial charge in [-0.15, -0.1) is 0 Å². The van der Waals surface area contributed by atoms with E-state index in [0.717, 1.165) is 12.1 Å². The van der Waals surface area contributed by atoms with E-state index < -0.39 is 10.6 Å². The summed E-state index contributed by atoms with van der Waals surface area (Å²) < 4.78 is 0. The maximum absolute atomic E-state index is 10.5. The van der Waals surface area contributed by atoms with Crippen LogP contribution in [0.3, 0.4) is 0 Å². The maximum Gasteiger partial charge on any atom is 0.270 e. The van der Waals surface area contributed by atoms with Crippen LogP contribution >= 0.6 is 0 Å². The van der Waals surface area contributed by atoms with Gasteiger partial charge in [0.2, 0.25) is 0 Å². The summed E-state index contributed by atoms with van der Waals surface area (Å²) in [7, 11) is 0. The molecular weight excluding hydrogens is 200 g/mol. The summed E-state index contributed by atoms with van der Waals surface area (Å²) in [6.45, 7) is 0. The van der Waals surface area contributed by atoms with Crippen LogP contribution in [0.25, 0.3) is 0 Å². The van der Waals surface area contributed by atoms with Gasteiger partial charge in [-0.2, -0.15) is 5.26 Å². The molecule has 0 unspecified atom stereocenters. The molecule has 0 aliphatic rings. The van der Waals surface area contributed by atoms with Crippen LogP contribution in [0, 0.1) is 21.4 Å². The number of aldehydes is 2. The fourth-order valence-corrected chi connectivity index (χ4v) is 1.09. The number of benzene rings is 1. The van der Waals surface area contributed by atoms with Crippen molar-refractivity contribution in [2.45, 2.75) is 0 Å². The summed E-state index contributed by atoms with van der Waals surface area (Å²) in [5.41, 5.74) is -0.855. The van der Waals surface area contributed by atoms with Gasteiger partial charge in [0.25, 0.3) is 5.69 Å². The molecule has 0 fully saturated rings. The number of hydrogen-bond donors (Lipinski definition) is 0. The zero-order valence-electron chi connectivity index (χ0n) is 7.34. The molecule has 0 N–H and O–H groups in total. The predicted molar refractivity (Wildman–Crippen MR) is 48.6 cm³/mol. The summed E-state index contributed by atoms with van der Waals surface area (Å²) in [6, 6.07) is 3.56. The normalized spacial score (nSPS) is 9.00. The van der Waals surface area contributed by atoms with Crippen LogP contribution in [-0.4, -0.2) is 17.5 Å². The van der Waals surface area contributed by atoms with Crippen molar-refractivity contribution in [2.75, 3.05) is 0 Å². The van der Waals surface area contributed by atoms with Crippen molar-refractivity contribution in [2.24, 2.45) is 0 Å². The first-order chi connectivity index (χ1) is 7.13. The molecule has 1 aromatic carbocycles. The molecule has 0 saturated carbocycles. The van der Waals surface area contributed by atoms with E-state index in [2.05, 4.69) is 0 Å². The van der Waals surface area contributed by atoms with Gasteiger partial charge in [0, 0.05) is 23.3 Å². The Labute approximate surface area is 83.9 Å². The van der Waals surface area contributed by atoms with Gasteiger partial charge in [0.15, 0.2) is 12.6 Å². The first kappa shape index (κ1) is 10.5. The van der Waals surface area contributed by atoms with E-state index >= 15 is 0 Å². The molecule has 0 aromatic heterocycles. The number of nitrogens with zero attached hydrogens (tertiary/aromatic N) is 2. The van der Waals surface area contributed by atoms with Crippen LogP contribution in [-0.2, 0) is 0 Å². The van der Waals surface area contributed by atoms with Crippen LogP contribution in [0.4, 0.5) is 5.69 Å². The van der Waals surface area contributed by atoms with Gasteiger partial charge in [-0.1, -0.05) is 0 Å². The predicted octanol–water partition coefficient (Wildman–Crippen LogP) is 1.09. The van der Waals surface area contributed by atoms with Gasteiger partial charge >= 0.3 is 0 Å². The fraction of sp³-hybridized carbons (Fsp3) is 0. The fourth-order valence-electron chi connectivity index (χ4n) is 1.09. The third kappa shape index (κ3) is 1.86. The van der Waals surface area contributed by atoms with Crippen LogP contribution in [0.2, 0.25) is 0 Å². The lowest BCUT2D eigenvalue weighted by Gasteiger charge is -1.99. The Kier molecular flexibility index (Phi) is 2.88. The number of hydrogen-bond acceptors (Lipinski definition) is 5. The van der Waals surface area contributed by atoms with Crippen LogP contribution in [0.1, 0.15) is 26.3 Å². The second kappa shape index (κ2) is 4.11. The Bertz CT molecular complexity index is 458. The highest BCUT2D eigenvalue weighted by Gasteiger charge is 2.15. The number of nitro benzene ring substituents is 1. The molecule has 0 spiro atoms. The first-order valence-electron chi connectivity index (χ1n) is 3.77. The summed E-state index contributed by atoms with van der Waals surface area (Å²) in [5.74, 6) is 0. The highest BCUT2D eigenvalue weighted by molar-refractivity contribution is 5.89. The molecule has 6 heteroatoms. The Morgan fingerprint density at radius 3 is 2.00 bits per heavy atom. The number of carbonyl (C=O) groups is 2. The van der Waals surface area contributed by atoms with Gasteiger partial charge in [0.1, 0.15) is 6.07 Å². The third-order valence-electron chi connectivity index (χ3n) is 1.76. The molecule has 6 nitrogen and oxygen atoms in total. The Hall–Kier alpha value is -2.55. The molecule has 0 aliphatic carbocycles. The van der Waals surface area contributed by atoms with Crippen LogP contribution < -0.4 is 0 Å². The first-order valence-corrected chi connectivity index (χ1v) is 3.77. The van der Waals surface area contributed by atoms with Crippen molar-refractivity contribution >= 4 is 18.3 Å². The van der Waals surface area contributed by atoms with Gasteiger partial charge in [-0.3, -0.25) is 19.7 Å². The van der Waals surface area contributed by atoms with Gasteiger partial charge in [-0.05, 0) is 0 Å². The molecule has 0 saturated heterocycles. The molecular formula is C9H4N2O4. The minimum atomic E-state index is -0.735. The standard InChI is InChI=1S/C9H4N2O4/c10-3-9-6(4-12)1-8(11(14)15)2-7(9)5-13/h1-2,4-5H. The third-order valence-corrected chi connectivity index (χ3v) is 1.76. The Morgan fingerprint density at radius 2 is 1.73 bits per heavy atom. The number of nitro groups is 1. The quantitative estimate of drug-likeness (QED) is 0.416. The number of nitriles is 1. The zero-order valence-corrected chi connectivity index (χ0v) is 7.34. The van der Waals surface area contributed by atoms with Gasteiger partial charge in [-0.25, -0.2) is 0 Å².